The molecule has 1 aromatic heterocycles. The lowest BCUT2D eigenvalue weighted by Gasteiger charge is -2.18. The molecule has 2 atom stereocenters. The summed E-state index contributed by atoms with van der Waals surface area (Å²) >= 11 is 0. The van der Waals surface area contributed by atoms with Gasteiger partial charge in [-0.2, -0.15) is 0 Å². The first-order chi connectivity index (χ1) is 11.5. The molecule has 1 aromatic carbocycles. The number of nitrogens with one attached hydrogen (secondary N) is 2. The van der Waals surface area contributed by atoms with Gasteiger partial charge in [0, 0.05) is 18.4 Å². The van der Waals surface area contributed by atoms with Crippen molar-refractivity contribution in [3.05, 3.63) is 59.4 Å². The molecule has 0 fully saturated rings. The van der Waals surface area contributed by atoms with Crippen LogP contribution in [0.15, 0.2) is 42.6 Å². The first-order valence-electron chi connectivity index (χ1n) is 7.96. The largest absolute Gasteiger partial charge is 0.386 e. The Hall–Kier alpha value is -2.44. The van der Waals surface area contributed by atoms with E-state index >= 15 is 0 Å². The number of amides is 2. The maximum absolute atomic E-state index is 12.2. The highest BCUT2D eigenvalue weighted by molar-refractivity contribution is 5.89. The number of urea groups is 1. The van der Waals surface area contributed by atoms with Gasteiger partial charge in [0.1, 0.15) is 0 Å². The van der Waals surface area contributed by atoms with Crippen molar-refractivity contribution >= 4 is 11.7 Å². The fraction of sp³-hybridized carbons (Fsp3) is 0.333. The van der Waals surface area contributed by atoms with Gasteiger partial charge in [-0.15, -0.1) is 0 Å². The van der Waals surface area contributed by atoms with Gasteiger partial charge in [-0.05, 0) is 43.8 Å². The molecule has 24 heavy (non-hydrogen) atoms. The number of hydrogen-bond donors (Lipinski definition) is 3. The van der Waals surface area contributed by atoms with Crippen molar-refractivity contribution in [2.75, 3.05) is 19.4 Å². The fourth-order valence-electron chi connectivity index (χ4n) is 3.01. The normalized spacial score (nSPS) is 19.2. The van der Waals surface area contributed by atoms with Gasteiger partial charge >= 0.3 is 6.03 Å². The predicted octanol–water partition coefficient (Wildman–Crippen LogP) is 1.92. The fourth-order valence-corrected chi connectivity index (χ4v) is 3.01. The summed E-state index contributed by atoms with van der Waals surface area (Å²) in [7, 11) is 3.93. The van der Waals surface area contributed by atoms with Crippen LogP contribution in [0, 0.1) is 0 Å². The molecule has 1 aliphatic rings. The molecular weight excluding hydrogens is 304 g/mol. The zero-order chi connectivity index (χ0) is 17.1. The number of hydrogen-bond acceptors (Lipinski definition) is 4. The number of carbonyl (C=O) groups is 1. The van der Waals surface area contributed by atoms with Gasteiger partial charge < -0.3 is 20.6 Å². The van der Waals surface area contributed by atoms with Crippen molar-refractivity contribution in [2.24, 2.45) is 0 Å². The number of aliphatic hydroxyl groups excluding tert-OH is 1. The second-order valence-corrected chi connectivity index (χ2v) is 6.33. The molecular formula is C18H22N4O2. The molecule has 6 nitrogen and oxygen atoms in total. The number of anilines is 1. The van der Waals surface area contributed by atoms with Gasteiger partial charge in [-0.3, -0.25) is 4.98 Å². The molecule has 6 heteroatoms. The Morgan fingerprint density at radius 3 is 2.88 bits per heavy atom. The number of rotatable bonds is 4. The Balaban J connectivity index is 1.61. The van der Waals surface area contributed by atoms with Crippen LogP contribution < -0.4 is 10.6 Å². The highest BCUT2D eigenvalue weighted by Gasteiger charge is 2.31. The molecule has 0 unspecified atom stereocenters. The third kappa shape index (κ3) is 3.72. The van der Waals surface area contributed by atoms with Crippen LogP contribution in [0.2, 0.25) is 0 Å². The van der Waals surface area contributed by atoms with Crippen LogP contribution in [-0.4, -0.2) is 41.2 Å². The summed E-state index contributed by atoms with van der Waals surface area (Å²) in [6, 6.07) is 10.7. The van der Waals surface area contributed by atoms with Gasteiger partial charge in [0.05, 0.1) is 17.8 Å². The van der Waals surface area contributed by atoms with E-state index < -0.39 is 6.10 Å². The SMILES string of the molecule is CN(C)Cc1cc(NC(=O)N[C@@H]2Cc3ccccc3[C@H]2O)ccn1. The summed E-state index contributed by atoms with van der Waals surface area (Å²) in [5.41, 5.74) is 3.53. The maximum Gasteiger partial charge on any atom is 0.319 e. The number of carbonyl (C=O) groups excluding carboxylic acids is 1. The molecule has 3 N–H and O–H groups in total. The van der Waals surface area contributed by atoms with Gasteiger partial charge in [0.25, 0.3) is 0 Å². The average Bonchev–Trinajstić information content (AvgIpc) is 2.83. The molecule has 0 radical (unpaired) electrons. The van der Waals surface area contributed by atoms with E-state index in [-0.39, 0.29) is 12.1 Å². The molecule has 126 valence electrons. The van der Waals surface area contributed by atoms with E-state index in [1.165, 1.54) is 0 Å². The van der Waals surface area contributed by atoms with Crippen molar-refractivity contribution in [1.82, 2.24) is 15.2 Å². The molecule has 0 spiro atoms. The summed E-state index contributed by atoms with van der Waals surface area (Å²) in [6.45, 7) is 0.702. The smallest absolute Gasteiger partial charge is 0.319 e. The number of aromatic nitrogens is 1. The molecule has 2 amide bonds. The second-order valence-electron chi connectivity index (χ2n) is 6.33. The minimum Gasteiger partial charge on any atom is -0.386 e. The minimum absolute atomic E-state index is 0.314. The average molecular weight is 326 g/mol. The van der Waals surface area contributed by atoms with E-state index in [9.17, 15) is 9.90 Å². The molecule has 1 aliphatic carbocycles. The van der Waals surface area contributed by atoms with Crippen LogP contribution in [-0.2, 0) is 13.0 Å². The number of nitrogens with zero attached hydrogens (tertiary/aromatic N) is 2. The first kappa shape index (κ1) is 16.4. The van der Waals surface area contributed by atoms with Crippen molar-refractivity contribution in [2.45, 2.75) is 25.1 Å². The summed E-state index contributed by atoms with van der Waals surface area (Å²) in [6.07, 6.45) is 1.63. The number of pyridine rings is 1. The molecule has 0 saturated heterocycles. The van der Waals surface area contributed by atoms with Gasteiger partial charge in [0.15, 0.2) is 0 Å². The molecule has 1 heterocycles. The van der Waals surface area contributed by atoms with E-state index in [2.05, 4.69) is 15.6 Å². The zero-order valence-corrected chi connectivity index (χ0v) is 13.9. The van der Waals surface area contributed by atoms with Crippen LogP contribution in [0.5, 0.6) is 0 Å². The van der Waals surface area contributed by atoms with E-state index in [1.807, 2.05) is 49.3 Å². The minimum atomic E-state index is -0.673. The second kappa shape index (κ2) is 6.98. The summed E-state index contributed by atoms with van der Waals surface area (Å²) < 4.78 is 0. The van der Waals surface area contributed by atoms with E-state index in [4.69, 9.17) is 0 Å². The standard InChI is InChI=1S/C18H22N4O2/c1-22(2)11-14-10-13(7-8-19-14)20-18(24)21-16-9-12-5-3-4-6-15(12)17(16)23/h3-8,10,16-17,23H,9,11H2,1-2H3,(H2,19,20,21,24)/t16-,17-/m1/s1. The lowest BCUT2D eigenvalue weighted by molar-refractivity contribution is 0.145. The number of benzene rings is 1. The third-order valence-corrected chi connectivity index (χ3v) is 4.06. The molecule has 3 rings (SSSR count). The Bertz CT molecular complexity index is 732. The van der Waals surface area contributed by atoms with E-state index in [1.54, 1.807) is 12.3 Å². The highest BCUT2D eigenvalue weighted by atomic mass is 16.3. The lowest BCUT2D eigenvalue weighted by Crippen LogP contribution is -2.40. The molecule has 0 saturated carbocycles. The molecule has 0 aliphatic heterocycles. The van der Waals surface area contributed by atoms with Crippen molar-refractivity contribution in [1.29, 1.82) is 0 Å². The van der Waals surface area contributed by atoms with Gasteiger partial charge in [0.2, 0.25) is 0 Å². The van der Waals surface area contributed by atoms with E-state index in [0.717, 1.165) is 16.8 Å². The first-order valence-corrected chi connectivity index (χ1v) is 7.96. The molecule has 0 bridgehead atoms. The topological polar surface area (TPSA) is 77.5 Å². The Labute approximate surface area is 141 Å². The van der Waals surface area contributed by atoms with E-state index in [0.29, 0.717) is 18.7 Å². The van der Waals surface area contributed by atoms with Crippen LogP contribution >= 0.6 is 0 Å². The third-order valence-electron chi connectivity index (χ3n) is 4.06. The van der Waals surface area contributed by atoms with Crippen molar-refractivity contribution in [3.8, 4) is 0 Å². The van der Waals surface area contributed by atoms with Crippen LogP contribution in [0.25, 0.3) is 0 Å². The highest BCUT2D eigenvalue weighted by Crippen LogP contribution is 2.31. The molecule has 2 aromatic rings. The lowest BCUT2D eigenvalue weighted by atomic mass is 10.1. The maximum atomic E-state index is 12.2. The Morgan fingerprint density at radius 1 is 1.33 bits per heavy atom. The van der Waals surface area contributed by atoms with Gasteiger partial charge in [-0.1, -0.05) is 24.3 Å². The van der Waals surface area contributed by atoms with Crippen LogP contribution in [0.4, 0.5) is 10.5 Å². The van der Waals surface area contributed by atoms with Crippen LogP contribution in [0.1, 0.15) is 22.9 Å². The van der Waals surface area contributed by atoms with Crippen molar-refractivity contribution in [3.63, 3.8) is 0 Å². The Kier molecular flexibility index (Phi) is 4.78. The predicted molar refractivity (Wildman–Crippen MR) is 92.7 cm³/mol. The number of aliphatic hydroxyl groups is 1. The number of fused-ring (bicyclic) bond motifs is 1. The van der Waals surface area contributed by atoms with Crippen LogP contribution in [0.3, 0.4) is 0 Å². The monoisotopic (exact) mass is 326 g/mol. The summed E-state index contributed by atoms with van der Waals surface area (Å²) in [4.78, 5) is 18.5. The quantitative estimate of drug-likeness (QED) is 0.802. The van der Waals surface area contributed by atoms with Crippen molar-refractivity contribution < 1.29 is 9.90 Å². The summed E-state index contributed by atoms with van der Waals surface area (Å²) in [5, 5.41) is 16.0. The zero-order valence-electron chi connectivity index (χ0n) is 13.9. The van der Waals surface area contributed by atoms with Gasteiger partial charge in [-0.25, -0.2) is 4.79 Å². The summed E-state index contributed by atoms with van der Waals surface area (Å²) in [5.74, 6) is 0. The Morgan fingerprint density at radius 2 is 2.12 bits per heavy atom.